The van der Waals surface area contributed by atoms with E-state index in [1.807, 2.05) is 6.07 Å². The van der Waals surface area contributed by atoms with Crippen molar-refractivity contribution < 1.29 is 21.6 Å². The zero-order chi connectivity index (χ0) is 19.1. The van der Waals surface area contributed by atoms with Crippen molar-refractivity contribution >= 4 is 26.8 Å². The van der Waals surface area contributed by atoms with E-state index in [2.05, 4.69) is 4.98 Å². The number of nitrogens with zero attached hydrogens (tertiary/aromatic N) is 3. The minimum absolute atomic E-state index is 0.158. The fourth-order valence-corrected chi connectivity index (χ4v) is 3.54. The summed E-state index contributed by atoms with van der Waals surface area (Å²) >= 11 is 0. The highest BCUT2D eigenvalue weighted by Gasteiger charge is 2.45. The third-order valence-corrected chi connectivity index (χ3v) is 5.37. The van der Waals surface area contributed by atoms with Crippen LogP contribution in [0.5, 0.6) is 0 Å². The minimum atomic E-state index is -5.30. The average molecular weight is 390 g/mol. The Labute approximate surface area is 146 Å². The highest BCUT2D eigenvalue weighted by Crippen LogP contribution is 2.21. The highest BCUT2D eigenvalue weighted by atomic mass is 32.2. The van der Waals surface area contributed by atoms with E-state index >= 15 is 0 Å². The van der Waals surface area contributed by atoms with Gasteiger partial charge in [0.15, 0.2) is 0 Å². The van der Waals surface area contributed by atoms with E-state index < -0.39 is 15.5 Å². The van der Waals surface area contributed by atoms with Gasteiger partial charge in [0.05, 0.1) is 5.69 Å². The van der Waals surface area contributed by atoms with E-state index in [-0.39, 0.29) is 18.5 Å². The largest absolute Gasteiger partial charge is 0.511 e. The lowest BCUT2D eigenvalue weighted by Gasteiger charge is -2.09. The van der Waals surface area contributed by atoms with Gasteiger partial charge in [-0.3, -0.25) is 13.8 Å². The van der Waals surface area contributed by atoms with Crippen molar-refractivity contribution in [2.24, 2.45) is 0 Å². The molecule has 0 amide bonds. The second-order valence-electron chi connectivity index (χ2n) is 5.98. The molecule has 0 spiro atoms. The second-order valence-corrected chi connectivity index (χ2v) is 7.74. The normalized spacial score (nSPS) is 13.2. The van der Waals surface area contributed by atoms with Gasteiger partial charge in [-0.25, -0.2) is 18.1 Å². The summed E-state index contributed by atoms with van der Waals surface area (Å²) in [5, 5.41) is 0. The molecule has 0 aromatic carbocycles. The van der Waals surface area contributed by atoms with Gasteiger partial charge in [-0.05, 0) is 31.9 Å². The number of rotatable bonds is 7. The molecule has 0 unspecified atom stereocenters. The summed E-state index contributed by atoms with van der Waals surface area (Å²) in [7, 11) is -5.29. The van der Waals surface area contributed by atoms with Gasteiger partial charge in [0.25, 0.3) is 5.56 Å². The van der Waals surface area contributed by atoms with Crippen LogP contribution in [-0.4, -0.2) is 34.4 Å². The Kier molecular flexibility index (Phi) is 4.69. The van der Waals surface area contributed by atoms with Crippen LogP contribution in [0.25, 0.3) is 16.8 Å². The summed E-state index contributed by atoms with van der Waals surface area (Å²) in [6, 6.07) is 5.42. The number of unbranched alkanes of at least 4 members (excludes halogenated alkanes) is 2. The van der Waals surface area contributed by atoms with Crippen molar-refractivity contribution in [3.63, 3.8) is 0 Å². The second kappa shape index (κ2) is 6.54. The van der Waals surface area contributed by atoms with Crippen LogP contribution in [-0.2, 0) is 16.6 Å². The molecule has 0 radical (unpaired) electrons. The summed E-state index contributed by atoms with van der Waals surface area (Å²) < 4.78 is 63.2. The average Bonchev–Trinajstić information content (AvgIpc) is 3.02. The van der Waals surface area contributed by atoms with Crippen molar-refractivity contribution in [1.29, 1.82) is 0 Å². The quantitative estimate of drug-likeness (QED) is 0.626. The van der Waals surface area contributed by atoms with E-state index in [1.165, 1.54) is 4.72 Å². The Hall–Kier alpha value is -2.14. The molecule has 0 aliphatic carbocycles. The Balaban J connectivity index is 1.61. The van der Waals surface area contributed by atoms with Crippen molar-refractivity contribution in [2.45, 2.75) is 38.2 Å². The van der Waals surface area contributed by atoms with Gasteiger partial charge in [0.2, 0.25) is 0 Å². The van der Waals surface area contributed by atoms with Gasteiger partial charge in [-0.1, -0.05) is 12.5 Å². The maximum atomic E-state index is 12.6. The van der Waals surface area contributed by atoms with Gasteiger partial charge < -0.3 is 0 Å². The summed E-state index contributed by atoms with van der Waals surface area (Å²) in [4.78, 5) is 16.9. The molecule has 0 aliphatic rings. The molecular weight excluding hydrogens is 373 g/mol. The first-order valence-electron chi connectivity index (χ1n) is 7.99. The first-order valence-corrected chi connectivity index (χ1v) is 9.47. The van der Waals surface area contributed by atoms with Crippen molar-refractivity contribution in [3.8, 4) is 0 Å². The lowest BCUT2D eigenvalue weighted by atomic mass is 10.2. The zero-order valence-corrected chi connectivity index (χ0v) is 14.7. The van der Waals surface area contributed by atoms with Crippen molar-refractivity contribution in [1.82, 2.24) is 18.7 Å². The molecule has 3 aromatic rings. The predicted octanol–water partition coefficient (Wildman–Crippen LogP) is 2.00. The first-order chi connectivity index (χ1) is 12.1. The molecular formula is C15H17F3N4O3S. The van der Waals surface area contributed by atoms with Gasteiger partial charge >= 0.3 is 15.5 Å². The van der Waals surface area contributed by atoms with Crippen molar-refractivity contribution in [2.75, 3.05) is 6.54 Å². The molecule has 0 fully saturated rings. The molecule has 1 N–H and O–H groups in total. The van der Waals surface area contributed by atoms with Gasteiger partial charge in [-0.15, -0.1) is 0 Å². The summed E-state index contributed by atoms with van der Waals surface area (Å²) in [6.45, 7) is 1.86. The molecule has 0 saturated heterocycles. The van der Waals surface area contributed by atoms with E-state index in [0.717, 1.165) is 0 Å². The molecule has 142 valence electrons. The smallest absolute Gasteiger partial charge is 0.292 e. The lowest BCUT2D eigenvalue weighted by molar-refractivity contribution is -0.0447. The third-order valence-electron chi connectivity index (χ3n) is 4.18. The summed E-state index contributed by atoms with van der Waals surface area (Å²) in [5.41, 5.74) is -2.89. The van der Waals surface area contributed by atoms with Crippen LogP contribution in [0.4, 0.5) is 13.2 Å². The van der Waals surface area contributed by atoms with Crippen LogP contribution in [0.1, 0.15) is 25.0 Å². The molecule has 3 aromatic heterocycles. The Morgan fingerprint density at radius 3 is 2.62 bits per heavy atom. The SMILES string of the molecule is Cc1nc2cccc3n(CCCCCNS(=O)(=O)C(F)(F)F)c(=O)c1n23. The zero-order valence-electron chi connectivity index (χ0n) is 13.9. The minimum Gasteiger partial charge on any atom is -0.292 e. The van der Waals surface area contributed by atoms with Crippen LogP contribution in [0.15, 0.2) is 23.0 Å². The molecule has 0 aliphatic heterocycles. The number of imidazole rings is 2. The molecule has 3 rings (SSSR count). The van der Waals surface area contributed by atoms with Gasteiger partial charge in [-0.2, -0.15) is 13.2 Å². The molecule has 11 heteroatoms. The number of aryl methyl sites for hydroxylation is 2. The number of nitrogens with one attached hydrogen (secondary N) is 1. The molecule has 26 heavy (non-hydrogen) atoms. The molecule has 3 heterocycles. The van der Waals surface area contributed by atoms with E-state index in [0.29, 0.717) is 41.9 Å². The molecule has 0 bridgehead atoms. The third kappa shape index (κ3) is 3.16. The topological polar surface area (TPSA) is 85.5 Å². The molecule has 7 nitrogen and oxygen atoms in total. The number of alkyl halides is 3. The number of hydrogen-bond acceptors (Lipinski definition) is 4. The maximum absolute atomic E-state index is 12.6. The van der Waals surface area contributed by atoms with Crippen molar-refractivity contribution in [3.05, 3.63) is 34.2 Å². The molecule has 0 saturated carbocycles. The number of halogens is 3. The molecule has 0 atom stereocenters. The fraction of sp³-hybridized carbons (Fsp3) is 0.467. The van der Waals surface area contributed by atoms with Crippen LogP contribution in [0.3, 0.4) is 0 Å². The van der Waals surface area contributed by atoms with Crippen LogP contribution >= 0.6 is 0 Å². The maximum Gasteiger partial charge on any atom is 0.511 e. The van der Waals surface area contributed by atoms with Crippen LogP contribution < -0.4 is 10.3 Å². The lowest BCUT2D eigenvalue weighted by Crippen LogP contribution is -2.36. The standard InChI is InChI=1S/C15H17F3N4O3S/c1-10-13-14(23)21(12-7-5-6-11(20-10)22(12)13)9-4-2-3-8-19-26(24,25)15(16,17)18/h5-7,19H,2-4,8-9H2,1H3. The van der Waals surface area contributed by atoms with E-state index in [1.54, 1.807) is 28.0 Å². The van der Waals surface area contributed by atoms with Gasteiger partial charge in [0, 0.05) is 13.1 Å². The monoisotopic (exact) mass is 390 g/mol. The van der Waals surface area contributed by atoms with Crippen LogP contribution in [0, 0.1) is 6.92 Å². The van der Waals surface area contributed by atoms with E-state index in [9.17, 15) is 26.4 Å². The number of hydrogen-bond donors (Lipinski definition) is 1. The number of sulfonamides is 1. The van der Waals surface area contributed by atoms with E-state index in [4.69, 9.17) is 0 Å². The Morgan fingerprint density at radius 1 is 1.19 bits per heavy atom. The summed E-state index contributed by atoms with van der Waals surface area (Å²) in [5.74, 6) is 0. The van der Waals surface area contributed by atoms with Gasteiger partial charge in [0.1, 0.15) is 16.8 Å². The van der Waals surface area contributed by atoms with Crippen LogP contribution in [0.2, 0.25) is 0 Å². The number of pyridine rings is 1. The highest BCUT2D eigenvalue weighted by molar-refractivity contribution is 7.90. The fourth-order valence-electron chi connectivity index (χ4n) is 2.96. The summed E-state index contributed by atoms with van der Waals surface area (Å²) in [6.07, 6.45) is 1.26. The number of aromatic nitrogens is 3. The predicted molar refractivity (Wildman–Crippen MR) is 89.7 cm³/mol. The Bertz CT molecular complexity index is 1090. The Morgan fingerprint density at radius 2 is 1.92 bits per heavy atom. The first kappa shape index (κ1) is 18.6.